The number of ether oxygens (including phenoxy) is 1. The number of nitrogens with zero attached hydrogens (tertiary/aromatic N) is 1. The van der Waals surface area contributed by atoms with E-state index in [1.807, 2.05) is 13.0 Å². The molecule has 0 bridgehead atoms. The van der Waals surface area contributed by atoms with Crippen LogP contribution in [0.1, 0.15) is 40.3 Å². The molecule has 0 saturated heterocycles. The normalized spacial score (nSPS) is 11.9. The molecule has 0 amide bonds. The van der Waals surface area contributed by atoms with E-state index in [-0.39, 0.29) is 0 Å². The third kappa shape index (κ3) is 7.00. The first-order valence-corrected chi connectivity index (χ1v) is 11.4. The van der Waals surface area contributed by atoms with Gasteiger partial charge in [-0.15, -0.1) is 0 Å². The standard InChI is InChI=1S/C22H27NO.2ClH.Co/c1-14-11-17(4)21(18(5)12-14)20(24-7)13-19(6)23-22-15(2)9-8-10-16(22)3;;;/h8-13H,1-7H3;2*1H;/q;;;+2/p-2. The van der Waals surface area contributed by atoms with Gasteiger partial charge < -0.3 is 4.74 Å². The molecule has 2 aromatic rings. The van der Waals surface area contributed by atoms with Crippen LogP contribution in [-0.2, 0) is 17.6 Å². The molecule has 0 atom stereocenters. The first-order chi connectivity index (χ1) is 12.7. The summed E-state index contributed by atoms with van der Waals surface area (Å²) in [6.07, 6.45) is 2.02. The maximum atomic E-state index is 5.69. The van der Waals surface area contributed by atoms with E-state index in [0.29, 0.717) is 12.9 Å². The van der Waals surface area contributed by atoms with Gasteiger partial charge in [-0.2, -0.15) is 0 Å². The molecule has 0 radical (unpaired) electrons. The van der Waals surface area contributed by atoms with Gasteiger partial charge in [0.25, 0.3) is 0 Å². The summed E-state index contributed by atoms with van der Waals surface area (Å²) in [4.78, 5) is 4.81. The molecule has 0 aromatic heterocycles. The second kappa shape index (κ2) is 11.6. The Labute approximate surface area is 178 Å². The molecule has 149 valence electrons. The van der Waals surface area contributed by atoms with E-state index in [1.54, 1.807) is 7.11 Å². The van der Waals surface area contributed by atoms with Gasteiger partial charge in [0.15, 0.2) is 0 Å². The van der Waals surface area contributed by atoms with Gasteiger partial charge in [-0.3, -0.25) is 4.99 Å². The summed E-state index contributed by atoms with van der Waals surface area (Å²) in [5.74, 6) is 0.859. The topological polar surface area (TPSA) is 21.6 Å². The summed E-state index contributed by atoms with van der Waals surface area (Å²) in [7, 11) is 11.2. The Bertz CT molecular complexity index is 801. The third-order valence-corrected chi connectivity index (χ3v) is 4.21. The van der Waals surface area contributed by atoms with Gasteiger partial charge >= 0.3 is 33.2 Å². The van der Waals surface area contributed by atoms with Crippen LogP contribution in [0.4, 0.5) is 5.69 Å². The molecule has 0 spiro atoms. The number of hydrogen-bond donors (Lipinski definition) is 0. The van der Waals surface area contributed by atoms with Crippen LogP contribution in [0, 0.1) is 34.6 Å². The Morgan fingerprint density at radius 2 is 1.44 bits per heavy atom. The molecule has 0 heterocycles. The molecular weight excluding hydrogens is 424 g/mol. The van der Waals surface area contributed by atoms with Crippen LogP contribution in [0.25, 0.3) is 5.76 Å². The van der Waals surface area contributed by atoms with Crippen molar-refractivity contribution in [1.82, 2.24) is 0 Å². The fraction of sp³-hybridized carbons (Fsp3) is 0.318. The summed E-state index contributed by atoms with van der Waals surface area (Å²) in [6, 6.07) is 10.6. The number of methoxy groups -OCH3 is 1. The number of rotatable bonds is 4. The van der Waals surface area contributed by atoms with Crippen LogP contribution < -0.4 is 0 Å². The number of halogens is 2. The number of benzene rings is 2. The van der Waals surface area contributed by atoms with E-state index in [2.05, 4.69) is 65.0 Å². The van der Waals surface area contributed by atoms with Gasteiger partial charge in [-0.25, -0.2) is 0 Å². The summed E-state index contributed by atoms with van der Waals surface area (Å²) < 4.78 is 5.69. The van der Waals surface area contributed by atoms with E-state index in [4.69, 9.17) is 30.0 Å². The fourth-order valence-corrected chi connectivity index (χ4v) is 3.18. The van der Waals surface area contributed by atoms with Crippen molar-refractivity contribution in [3.8, 4) is 0 Å². The summed E-state index contributed by atoms with van der Waals surface area (Å²) in [5, 5.41) is 0. The Kier molecular flexibility index (Phi) is 10.2. The van der Waals surface area contributed by atoms with Crippen molar-refractivity contribution in [1.29, 1.82) is 0 Å². The minimum atomic E-state index is 0.382. The summed E-state index contributed by atoms with van der Waals surface area (Å²) in [5.41, 5.74) is 9.21. The van der Waals surface area contributed by atoms with Crippen LogP contribution in [0.15, 0.2) is 41.4 Å². The van der Waals surface area contributed by atoms with Crippen molar-refractivity contribution in [2.45, 2.75) is 41.5 Å². The van der Waals surface area contributed by atoms with Gasteiger partial charge in [0.05, 0.1) is 12.8 Å². The molecule has 0 unspecified atom stereocenters. The molecule has 5 heteroatoms. The Hall–Kier alpha value is -1.26. The van der Waals surface area contributed by atoms with E-state index >= 15 is 0 Å². The average Bonchev–Trinajstić information content (AvgIpc) is 2.57. The molecule has 0 fully saturated rings. The van der Waals surface area contributed by atoms with Gasteiger partial charge in [0, 0.05) is 17.4 Å². The molecule has 27 heavy (non-hydrogen) atoms. The Morgan fingerprint density at radius 1 is 0.963 bits per heavy atom. The van der Waals surface area contributed by atoms with E-state index < -0.39 is 0 Å². The van der Waals surface area contributed by atoms with E-state index in [1.165, 1.54) is 27.8 Å². The zero-order valence-corrected chi connectivity index (χ0v) is 19.5. The van der Waals surface area contributed by atoms with Crippen LogP contribution in [0.2, 0.25) is 0 Å². The number of aryl methyl sites for hydroxylation is 5. The van der Waals surface area contributed by atoms with Crippen LogP contribution in [0.5, 0.6) is 0 Å². The quantitative estimate of drug-likeness (QED) is 0.351. The molecule has 0 N–H and O–H groups in total. The molecular formula is C22H27Cl2CoNO. The van der Waals surface area contributed by atoms with E-state index in [9.17, 15) is 0 Å². The van der Waals surface area contributed by atoms with Crippen molar-refractivity contribution in [2.75, 3.05) is 7.11 Å². The van der Waals surface area contributed by atoms with Crippen LogP contribution in [0.3, 0.4) is 0 Å². The van der Waals surface area contributed by atoms with Crippen LogP contribution in [-0.4, -0.2) is 12.8 Å². The number of hydrogen-bond acceptors (Lipinski definition) is 2. The minimum absolute atomic E-state index is 0.382. The monoisotopic (exact) mass is 450 g/mol. The fourth-order valence-electron chi connectivity index (χ4n) is 3.18. The number of aliphatic imine (C=N–C) groups is 1. The number of allylic oxidation sites excluding steroid dienone is 1. The first kappa shape index (κ1) is 23.8. The zero-order valence-electron chi connectivity index (χ0n) is 16.9. The molecule has 2 aromatic carbocycles. The molecule has 2 nitrogen and oxygen atoms in total. The second-order valence-corrected chi connectivity index (χ2v) is 8.25. The number of para-hydroxylation sites is 1. The first-order valence-electron chi connectivity index (χ1n) is 8.54. The SMILES string of the molecule is COC(=CC(C)=Nc1c(C)cccc1C)c1c(C)cc(C)cc1C.[Cl][Co][Cl]. The second-order valence-electron chi connectivity index (χ2n) is 6.53. The van der Waals surface area contributed by atoms with Gasteiger partial charge in [0.1, 0.15) is 5.76 Å². The summed E-state index contributed by atoms with van der Waals surface area (Å²) in [6.45, 7) is 12.6. The predicted molar refractivity (Wildman–Crippen MR) is 116 cm³/mol. The maximum absolute atomic E-state index is 5.69. The van der Waals surface area contributed by atoms with Gasteiger partial charge in [-0.1, -0.05) is 35.9 Å². The zero-order chi connectivity index (χ0) is 20.6. The molecule has 0 aliphatic carbocycles. The van der Waals surface area contributed by atoms with Crippen LogP contribution >= 0.6 is 20.3 Å². The van der Waals surface area contributed by atoms with E-state index in [0.717, 1.165) is 22.7 Å². The predicted octanol–water partition coefficient (Wildman–Crippen LogP) is 7.39. The molecule has 0 aliphatic rings. The van der Waals surface area contributed by atoms with Crippen molar-refractivity contribution < 1.29 is 17.6 Å². The Balaban J connectivity index is 0.00000114. The van der Waals surface area contributed by atoms with Crippen molar-refractivity contribution in [3.63, 3.8) is 0 Å². The molecule has 2 rings (SSSR count). The van der Waals surface area contributed by atoms with Gasteiger partial charge in [0.2, 0.25) is 0 Å². The van der Waals surface area contributed by atoms with Crippen molar-refractivity contribution in [3.05, 3.63) is 69.8 Å². The average molecular weight is 451 g/mol. The van der Waals surface area contributed by atoms with Crippen molar-refractivity contribution in [2.24, 2.45) is 4.99 Å². The summed E-state index contributed by atoms with van der Waals surface area (Å²) >= 11 is 0.382. The van der Waals surface area contributed by atoms with Crippen molar-refractivity contribution >= 4 is 37.5 Å². The van der Waals surface area contributed by atoms with Gasteiger partial charge in [-0.05, 0) is 63.8 Å². The third-order valence-electron chi connectivity index (χ3n) is 4.21. The molecule has 0 saturated carbocycles. The molecule has 0 aliphatic heterocycles. The Morgan fingerprint density at radius 3 is 1.89 bits per heavy atom.